The van der Waals surface area contributed by atoms with Crippen molar-refractivity contribution in [3.63, 3.8) is 0 Å². The van der Waals surface area contributed by atoms with Gasteiger partial charge in [0.25, 0.3) is 0 Å². The third-order valence-corrected chi connectivity index (χ3v) is 1.65. The Morgan fingerprint density at radius 3 is 2.62 bits per heavy atom. The number of aromatic nitrogens is 2. The van der Waals surface area contributed by atoms with Crippen LogP contribution < -0.4 is 5.73 Å². The smallest absolute Gasteiger partial charge is 0.325 e. The Labute approximate surface area is 81.9 Å². The first-order chi connectivity index (χ1) is 5.52. The number of aryl methyl sites for hydroxylation is 2. The Hall–Kier alpha value is -1.07. The number of hydrogen-bond acceptors (Lipinski definition) is 3. The second kappa shape index (κ2) is 4.25. The van der Waals surface area contributed by atoms with Crippen molar-refractivity contribution in [2.45, 2.75) is 13.0 Å². The van der Waals surface area contributed by atoms with Crippen molar-refractivity contribution in [3.05, 3.63) is 17.5 Å². The van der Waals surface area contributed by atoms with E-state index in [0.29, 0.717) is 11.3 Å². The van der Waals surface area contributed by atoms with Gasteiger partial charge in [-0.1, -0.05) is 0 Å². The number of rotatable bonds is 2. The molecule has 1 atom stereocenters. The number of nitrogens with zero attached hydrogens (tertiary/aromatic N) is 2. The van der Waals surface area contributed by atoms with E-state index in [0.717, 1.165) is 0 Å². The summed E-state index contributed by atoms with van der Waals surface area (Å²) in [5.74, 6) is -1.04. The van der Waals surface area contributed by atoms with Gasteiger partial charge in [-0.15, -0.1) is 12.4 Å². The van der Waals surface area contributed by atoms with Crippen molar-refractivity contribution in [1.82, 2.24) is 9.78 Å². The summed E-state index contributed by atoms with van der Waals surface area (Å²) in [6.07, 6.45) is 1.62. The molecule has 0 amide bonds. The van der Waals surface area contributed by atoms with Crippen molar-refractivity contribution in [1.29, 1.82) is 0 Å². The van der Waals surface area contributed by atoms with E-state index in [1.807, 2.05) is 0 Å². The van der Waals surface area contributed by atoms with Gasteiger partial charge in [0.05, 0.1) is 5.69 Å². The fourth-order valence-electron chi connectivity index (χ4n) is 1.06. The minimum atomic E-state index is -1.04. The highest BCUT2D eigenvalue weighted by atomic mass is 35.5. The van der Waals surface area contributed by atoms with Crippen LogP contribution in [0.4, 0.5) is 0 Å². The molecule has 0 radical (unpaired) electrons. The lowest BCUT2D eigenvalue weighted by atomic mass is 10.1. The summed E-state index contributed by atoms with van der Waals surface area (Å²) >= 11 is 0. The van der Waals surface area contributed by atoms with Gasteiger partial charge in [0.15, 0.2) is 0 Å². The lowest BCUT2D eigenvalue weighted by Gasteiger charge is -2.02. The van der Waals surface area contributed by atoms with Crippen LogP contribution in [0.1, 0.15) is 17.3 Å². The molecule has 6 heteroatoms. The second-order valence-electron chi connectivity index (χ2n) is 2.66. The molecule has 5 nitrogen and oxygen atoms in total. The van der Waals surface area contributed by atoms with E-state index in [2.05, 4.69) is 5.10 Å². The largest absolute Gasteiger partial charge is 0.480 e. The van der Waals surface area contributed by atoms with Crippen molar-refractivity contribution in [3.8, 4) is 0 Å². The van der Waals surface area contributed by atoms with Crippen molar-refractivity contribution < 1.29 is 9.90 Å². The van der Waals surface area contributed by atoms with Gasteiger partial charge < -0.3 is 10.8 Å². The van der Waals surface area contributed by atoms with E-state index in [9.17, 15) is 4.79 Å². The molecule has 0 fully saturated rings. The van der Waals surface area contributed by atoms with Crippen molar-refractivity contribution in [2.75, 3.05) is 0 Å². The zero-order chi connectivity index (χ0) is 9.30. The summed E-state index contributed by atoms with van der Waals surface area (Å²) in [5, 5.41) is 12.6. The van der Waals surface area contributed by atoms with Gasteiger partial charge in [0.2, 0.25) is 0 Å². The monoisotopic (exact) mass is 205 g/mol. The highest BCUT2D eigenvalue weighted by Gasteiger charge is 2.18. The molecular weight excluding hydrogens is 194 g/mol. The molecule has 74 valence electrons. The van der Waals surface area contributed by atoms with E-state index < -0.39 is 12.0 Å². The molecule has 1 aromatic rings. The van der Waals surface area contributed by atoms with Gasteiger partial charge in [-0.25, -0.2) is 0 Å². The van der Waals surface area contributed by atoms with Crippen LogP contribution in [0.25, 0.3) is 0 Å². The summed E-state index contributed by atoms with van der Waals surface area (Å²) in [7, 11) is 1.73. The third-order valence-electron chi connectivity index (χ3n) is 1.65. The van der Waals surface area contributed by atoms with Gasteiger partial charge in [0.1, 0.15) is 6.04 Å². The summed E-state index contributed by atoms with van der Waals surface area (Å²) in [6.45, 7) is 1.73. The molecule has 0 aliphatic rings. The van der Waals surface area contributed by atoms with Crippen LogP contribution in [0.3, 0.4) is 0 Å². The Morgan fingerprint density at radius 1 is 1.77 bits per heavy atom. The van der Waals surface area contributed by atoms with Gasteiger partial charge in [-0.05, 0) is 6.92 Å². The zero-order valence-corrected chi connectivity index (χ0v) is 8.21. The van der Waals surface area contributed by atoms with Crippen LogP contribution in [-0.2, 0) is 11.8 Å². The average molecular weight is 206 g/mol. The first kappa shape index (κ1) is 11.9. The molecule has 0 aliphatic heterocycles. The van der Waals surface area contributed by atoms with E-state index in [1.54, 1.807) is 24.9 Å². The van der Waals surface area contributed by atoms with Crippen LogP contribution in [-0.4, -0.2) is 20.9 Å². The SMILES string of the molecule is Cc1nn(C)cc1C(N)C(=O)O.Cl. The Kier molecular flexibility index (Phi) is 3.90. The van der Waals surface area contributed by atoms with Crippen LogP contribution in [0.5, 0.6) is 0 Å². The van der Waals surface area contributed by atoms with Gasteiger partial charge in [-0.2, -0.15) is 5.10 Å². The Balaban J connectivity index is 0.00000144. The molecule has 1 unspecified atom stereocenters. The van der Waals surface area contributed by atoms with Crippen LogP contribution in [0.15, 0.2) is 6.20 Å². The summed E-state index contributed by atoms with van der Waals surface area (Å²) < 4.78 is 1.55. The molecule has 1 rings (SSSR count). The maximum Gasteiger partial charge on any atom is 0.325 e. The quantitative estimate of drug-likeness (QED) is 0.725. The fourth-order valence-corrected chi connectivity index (χ4v) is 1.06. The predicted molar refractivity (Wildman–Crippen MR) is 49.8 cm³/mol. The standard InChI is InChI=1S/C7H11N3O2.ClH/c1-4-5(3-10(2)9-4)6(8)7(11)12;/h3,6H,8H2,1-2H3,(H,11,12);1H. The first-order valence-corrected chi connectivity index (χ1v) is 3.51. The normalized spacial score (nSPS) is 11.9. The maximum absolute atomic E-state index is 10.5. The average Bonchev–Trinajstić information content (AvgIpc) is 2.28. The highest BCUT2D eigenvalue weighted by molar-refractivity contribution is 5.85. The highest BCUT2D eigenvalue weighted by Crippen LogP contribution is 2.13. The minimum absolute atomic E-state index is 0. The summed E-state index contributed by atoms with van der Waals surface area (Å²) in [4.78, 5) is 10.5. The Bertz CT molecular complexity index is 311. The number of nitrogens with two attached hydrogens (primary N) is 1. The van der Waals surface area contributed by atoms with E-state index in [-0.39, 0.29) is 12.4 Å². The number of aliphatic carboxylic acids is 1. The minimum Gasteiger partial charge on any atom is -0.480 e. The van der Waals surface area contributed by atoms with E-state index in [1.165, 1.54) is 0 Å². The number of carboxylic acids is 1. The van der Waals surface area contributed by atoms with Crippen molar-refractivity contribution in [2.24, 2.45) is 12.8 Å². The second-order valence-corrected chi connectivity index (χ2v) is 2.66. The lowest BCUT2D eigenvalue weighted by molar-refractivity contribution is -0.138. The molecular formula is C7H12ClN3O2. The van der Waals surface area contributed by atoms with Gasteiger partial charge in [-0.3, -0.25) is 9.48 Å². The Morgan fingerprint density at radius 2 is 2.31 bits per heavy atom. The molecule has 0 aliphatic carbocycles. The lowest BCUT2D eigenvalue weighted by Crippen LogP contribution is -2.20. The summed E-state index contributed by atoms with van der Waals surface area (Å²) in [5.41, 5.74) is 6.62. The number of hydrogen-bond donors (Lipinski definition) is 2. The predicted octanol–water partition coefficient (Wildman–Crippen LogP) is 0.235. The topological polar surface area (TPSA) is 81.1 Å². The fraction of sp³-hybridized carbons (Fsp3) is 0.429. The molecule has 1 heterocycles. The van der Waals surface area contributed by atoms with Gasteiger partial charge in [0, 0.05) is 18.8 Å². The molecule has 1 aromatic heterocycles. The summed E-state index contributed by atoms with van der Waals surface area (Å²) in [6, 6.07) is -0.973. The first-order valence-electron chi connectivity index (χ1n) is 3.51. The number of halogens is 1. The molecule has 3 N–H and O–H groups in total. The van der Waals surface area contributed by atoms with Crippen LogP contribution in [0.2, 0.25) is 0 Å². The van der Waals surface area contributed by atoms with E-state index in [4.69, 9.17) is 10.8 Å². The van der Waals surface area contributed by atoms with Gasteiger partial charge >= 0.3 is 5.97 Å². The number of carbonyl (C=O) groups is 1. The molecule has 13 heavy (non-hydrogen) atoms. The molecule has 0 aromatic carbocycles. The molecule has 0 saturated carbocycles. The maximum atomic E-state index is 10.5. The third kappa shape index (κ3) is 2.43. The molecule has 0 saturated heterocycles. The van der Waals surface area contributed by atoms with Crippen molar-refractivity contribution >= 4 is 18.4 Å². The number of carboxylic acid groups (broad SMARTS) is 1. The van der Waals surface area contributed by atoms with E-state index >= 15 is 0 Å². The molecule has 0 spiro atoms. The van der Waals surface area contributed by atoms with Crippen LogP contribution >= 0.6 is 12.4 Å². The van der Waals surface area contributed by atoms with Crippen LogP contribution in [0, 0.1) is 6.92 Å². The zero-order valence-electron chi connectivity index (χ0n) is 7.39. The molecule has 0 bridgehead atoms.